The molecule has 11 nitrogen and oxygen atoms in total. The number of carbonyl (C=O) groups is 1. The highest BCUT2D eigenvalue weighted by atomic mass is 32.3. The minimum Gasteiger partial charge on any atom is -0.392 e. The van der Waals surface area contributed by atoms with Crippen LogP contribution in [0.2, 0.25) is 0 Å². The van der Waals surface area contributed by atoms with E-state index in [0.717, 1.165) is 40.9 Å². The first-order valence-corrected chi connectivity index (χ1v) is 13.5. The molecule has 0 unspecified atom stereocenters. The summed E-state index contributed by atoms with van der Waals surface area (Å²) >= 11 is 0. The lowest BCUT2D eigenvalue weighted by atomic mass is 10.0. The number of aliphatic hydroxyl groups excluding tert-OH is 1. The Labute approximate surface area is 211 Å². The zero-order valence-corrected chi connectivity index (χ0v) is 21.1. The molecular weight excluding hydrogens is 482 g/mol. The first-order chi connectivity index (χ1) is 17.2. The van der Waals surface area contributed by atoms with Crippen LogP contribution in [0.1, 0.15) is 29.2 Å². The van der Waals surface area contributed by atoms with Gasteiger partial charge >= 0.3 is 0 Å². The Morgan fingerprint density at radius 2 is 2.11 bits per heavy atom. The molecule has 36 heavy (non-hydrogen) atoms. The average Bonchev–Trinajstić information content (AvgIpc) is 3.58. The van der Waals surface area contributed by atoms with E-state index in [-0.39, 0.29) is 30.2 Å². The van der Waals surface area contributed by atoms with Crippen molar-refractivity contribution in [3.8, 4) is 11.4 Å². The summed E-state index contributed by atoms with van der Waals surface area (Å²) in [6, 6.07) is 13.1. The van der Waals surface area contributed by atoms with E-state index >= 15 is 0 Å². The van der Waals surface area contributed by atoms with Gasteiger partial charge in [-0.05, 0) is 40.5 Å². The standard InChI is InChI=1S/C24H31N7O4S/c1-29(23(33)11-16-6-7-19-15-36(34,35)30(2)21(19)10-16)22(14-31-9-8-20(32)13-31)17-4-3-5-18(12-17)24-25-27-28-26-24/h3-7,10,12,20,22,32,34-35H,8-9,11,13-15H2,1-2H3,(H,25,26,27,28)/t20-,22+/m0/s1. The van der Waals surface area contributed by atoms with Crippen molar-refractivity contribution in [2.24, 2.45) is 0 Å². The van der Waals surface area contributed by atoms with Crippen molar-refractivity contribution in [3.63, 3.8) is 0 Å². The number of aromatic amines is 1. The van der Waals surface area contributed by atoms with Crippen LogP contribution in [-0.2, 0) is 17.0 Å². The molecule has 1 amide bonds. The van der Waals surface area contributed by atoms with E-state index in [1.807, 2.05) is 42.5 Å². The monoisotopic (exact) mass is 513 g/mol. The number of nitrogens with zero attached hydrogens (tertiary/aromatic N) is 6. The van der Waals surface area contributed by atoms with E-state index in [2.05, 4.69) is 25.5 Å². The van der Waals surface area contributed by atoms with Gasteiger partial charge in [-0.3, -0.25) is 23.1 Å². The Morgan fingerprint density at radius 1 is 1.28 bits per heavy atom. The Hall–Kier alpha value is -3.03. The zero-order valence-electron chi connectivity index (χ0n) is 20.3. The number of fused-ring (bicyclic) bond motifs is 1. The number of β-amino-alcohol motifs (C(OH)–C–C–N with tert-alkyl or cyclic N) is 1. The summed E-state index contributed by atoms with van der Waals surface area (Å²) in [6.45, 7) is 1.93. The van der Waals surface area contributed by atoms with Crippen LogP contribution in [0.4, 0.5) is 5.69 Å². The molecule has 0 spiro atoms. The van der Waals surface area contributed by atoms with Gasteiger partial charge in [-0.25, -0.2) is 0 Å². The maximum Gasteiger partial charge on any atom is 0.227 e. The van der Waals surface area contributed by atoms with Crippen molar-refractivity contribution in [2.45, 2.75) is 30.7 Å². The molecule has 192 valence electrons. The number of H-pyrrole nitrogens is 1. The highest BCUT2D eigenvalue weighted by Gasteiger charge is 2.32. The fourth-order valence-corrected chi connectivity index (χ4v) is 6.25. The van der Waals surface area contributed by atoms with E-state index < -0.39 is 10.8 Å². The number of aromatic nitrogens is 4. The molecule has 5 rings (SSSR count). The van der Waals surface area contributed by atoms with Gasteiger partial charge in [0.2, 0.25) is 11.7 Å². The average molecular weight is 514 g/mol. The second-order valence-corrected chi connectivity index (χ2v) is 11.6. The molecule has 1 saturated heterocycles. The van der Waals surface area contributed by atoms with Crippen molar-refractivity contribution in [3.05, 3.63) is 59.2 Å². The highest BCUT2D eigenvalue weighted by Crippen LogP contribution is 2.55. The quantitative estimate of drug-likeness (QED) is 0.374. The van der Waals surface area contributed by atoms with Crippen LogP contribution >= 0.6 is 10.8 Å². The number of benzene rings is 2. The van der Waals surface area contributed by atoms with Crippen LogP contribution in [0.15, 0.2) is 42.5 Å². The summed E-state index contributed by atoms with van der Waals surface area (Å²) in [4.78, 5) is 17.4. The zero-order chi connectivity index (χ0) is 25.4. The number of amides is 1. The second-order valence-electron chi connectivity index (χ2n) is 9.50. The minimum atomic E-state index is -2.84. The van der Waals surface area contributed by atoms with Gasteiger partial charge in [-0.2, -0.15) is 5.21 Å². The Balaban J connectivity index is 1.38. The Morgan fingerprint density at radius 3 is 2.83 bits per heavy atom. The SMILES string of the molecule is CN(C(=O)Cc1ccc2c(c1)N(C)S(O)(O)C2)[C@H](CN1CC[C@H](O)C1)c1cccc(-c2nn[nH]n2)c1. The minimum absolute atomic E-state index is 0.0584. The van der Waals surface area contributed by atoms with E-state index in [0.29, 0.717) is 18.9 Å². The molecule has 2 aliphatic heterocycles. The molecule has 2 atom stereocenters. The summed E-state index contributed by atoms with van der Waals surface area (Å²) in [5, 5.41) is 24.3. The lowest BCUT2D eigenvalue weighted by Crippen LogP contribution is -2.39. The molecule has 2 aromatic carbocycles. The Kier molecular flexibility index (Phi) is 6.70. The summed E-state index contributed by atoms with van der Waals surface area (Å²) in [5.41, 5.74) is 4.17. The van der Waals surface area contributed by atoms with Crippen molar-refractivity contribution >= 4 is 22.4 Å². The van der Waals surface area contributed by atoms with Gasteiger partial charge in [0.1, 0.15) is 0 Å². The molecule has 0 saturated carbocycles. The third kappa shape index (κ3) is 4.95. The van der Waals surface area contributed by atoms with Gasteiger partial charge in [-0.1, -0.05) is 30.3 Å². The highest BCUT2D eigenvalue weighted by molar-refractivity contribution is 8.25. The van der Waals surface area contributed by atoms with E-state index in [4.69, 9.17) is 0 Å². The normalized spacial score (nSPS) is 20.8. The largest absolute Gasteiger partial charge is 0.392 e. The topological polar surface area (TPSA) is 142 Å². The van der Waals surface area contributed by atoms with Crippen LogP contribution in [0.5, 0.6) is 0 Å². The van der Waals surface area contributed by atoms with Gasteiger partial charge < -0.3 is 10.0 Å². The van der Waals surface area contributed by atoms with Crippen molar-refractivity contribution in [2.75, 3.05) is 38.0 Å². The van der Waals surface area contributed by atoms with Crippen molar-refractivity contribution in [1.29, 1.82) is 0 Å². The van der Waals surface area contributed by atoms with Crippen molar-refractivity contribution < 1.29 is 19.0 Å². The van der Waals surface area contributed by atoms with Crippen LogP contribution < -0.4 is 4.31 Å². The molecule has 0 radical (unpaired) electrons. The molecule has 1 aromatic heterocycles. The lowest BCUT2D eigenvalue weighted by Gasteiger charge is -2.35. The van der Waals surface area contributed by atoms with Crippen LogP contribution in [-0.4, -0.2) is 90.4 Å². The van der Waals surface area contributed by atoms with Gasteiger partial charge in [0.25, 0.3) is 0 Å². The smallest absolute Gasteiger partial charge is 0.227 e. The molecule has 1 fully saturated rings. The number of hydrogen-bond acceptors (Lipinski definition) is 9. The number of carbonyl (C=O) groups excluding carboxylic acids is 1. The van der Waals surface area contributed by atoms with E-state index in [1.165, 1.54) is 4.31 Å². The molecule has 2 aliphatic rings. The lowest BCUT2D eigenvalue weighted by molar-refractivity contribution is -0.131. The summed E-state index contributed by atoms with van der Waals surface area (Å²) in [7, 11) is 0.624. The van der Waals surface area contributed by atoms with Gasteiger partial charge in [0.15, 0.2) is 0 Å². The fourth-order valence-electron chi connectivity index (χ4n) is 4.91. The van der Waals surface area contributed by atoms with Crippen LogP contribution in [0.3, 0.4) is 0 Å². The second kappa shape index (κ2) is 9.79. The predicted octanol–water partition coefficient (Wildman–Crippen LogP) is 2.29. The number of rotatable bonds is 7. The number of likely N-dealkylation sites (N-methyl/N-ethyl adjacent to an activating group) is 1. The molecular formula is C24H31N7O4S. The fraction of sp³-hybridized carbons (Fsp3) is 0.417. The van der Waals surface area contributed by atoms with Gasteiger partial charge in [0, 0.05) is 39.3 Å². The third-order valence-corrected chi connectivity index (χ3v) is 8.82. The summed E-state index contributed by atoms with van der Waals surface area (Å²) < 4.78 is 22.0. The van der Waals surface area contributed by atoms with E-state index in [9.17, 15) is 19.0 Å². The summed E-state index contributed by atoms with van der Waals surface area (Å²) in [6.07, 6.45) is 0.545. The first-order valence-electron chi connectivity index (χ1n) is 11.8. The first kappa shape index (κ1) is 24.7. The molecule has 3 aromatic rings. The molecule has 4 N–H and O–H groups in total. The van der Waals surface area contributed by atoms with Crippen molar-refractivity contribution in [1.82, 2.24) is 30.4 Å². The maximum absolute atomic E-state index is 13.5. The van der Waals surface area contributed by atoms with Crippen LogP contribution in [0, 0.1) is 0 Å². The third-order valence-electron chi connectivity index (χ3n) is 7.05. The number of tetrazole rings is 1. The predicted molar refractivity (Wildman–Crippen MR) is 137 cm³/mol. The van der Waals surface area contributed by atoms with Crippen LogP contribution in [0.25, 0.3) is 11.4 Å². The van der Waals surface area contributed by atoms with Gasteiger partial charge in [0.05, 0.1) is 30.0 Å². The number of hydrogen-bond donors (Lipinski definition) is 4. The summed E-state index contributed by atoms with van der Waals surface area (Å²) in [5.74, 6) is 0.624. The van der Waals surface area contributed by atoms with E-state index in [1.54, 1.807) is 19.0 Å². The molecule has 0 bridgehead atoms. The molecule has 3 heterocycles. The Bertz CT molecular complexity index is 1240. The molecule has 0 aliphatic carbocycles. The number of anilines is 1. The molecule has 12 heteroatoms. The number of nitrogens with one attached hydrogen (secondary N) is 1. The number of likely N-dealkylation sites (tertiary alicyclic amines) is 1. The van der Waals surface area contributed by atoms with Gasteiger partial charge in [-0.15, -0.1) is 21.0 Å². The maximum atomic E-state index is 13.5. The number of aliphatic hydroxyl groups is 1.